The average Bonchev–Trinajstić information content (AvgIpc) is 3.81. The van der Waals surface area contributed by atoms with E-state index in [1.807, 2.05) is 36.4 Å². The topological polar surface area (TPSA) is 61.7 Å². The SMILES string of the molecule is Nc1ccc(-c2ccc3ccc(-c4cc(-n5c(-c6ccccc6)nc6ccccc65)cc(-n5c(-c6ccccc6)nc6ccccc65)c4)cc3c2)cc1. The fourth-order valence-corrected chi connectivity index (χ4v) is 7.44. The van der Waals surface area contributed by atoms with Crippen molar-refractivity contribution in [1.82, 2.24) is 19.1 Å². The molecule has 0 aliphatic carbocycles. The lowest BCUT2D eigenvalue weighted by atomic mass is 9.97. The van der Waals surface area contributed by atoms with Crippen LogP contribution < -0.4 is 5.73 Å². The smallest absolute Gasteiger partial charge is 0.145 e. The van der Waals surface area contributed by atoms with Gasteiger partial charge in [0.05, 0.1) is 33.4 Å². The fraction of sp³-hybridized carbons (Fsp3) is 0. The van der Waals surface area contributed by atoms with Gasteiger partial charge in [0.1, 0.15) is 11.6 Å². The van der Waals surface area contributed by atoms with Crippen LogP contribution in [0.4, 0.5) is 5.69 Å². The van der Waals surface area contributed by atoms with Crippen molar-refractivity contribution in [3.05, 3.63) is 188 Å². The van der Waals surface area contributed by atoms with E-state index < -0.39 is 0 Å². The van der Waals surface area contributed by atoms with Crippen molar-refractivity contribution in [3.8, 4) is 56.4 Å². The number of fused-ring (bicyclic) bond motifs is 3. The van der Waals surface area contributed by atoms with Crippen LogP contribution in [0.15, 0.2) is 188 Å². The molecule has 0 radical (unpaired) electrons. The van der Waals surface area contributed by atoms with Crippen molar-refractivity contribution in [2.45, 2.75) is 0 Å². The van der Waals surface area contributed by atoms with Crippen molar-refractivity contribution in [2.24, 2.45) is 0 Å². The van der Waals surface area contributed by atoms with Crippen LogP contribution in [-0.2, 0) is 0 Å². The first-order valence-corrected chi connectivity index (χ1v) is 17.8. The maximum atomic E-state index is 6.01. The molecule has 0 unspecified atom stereocenters. The first kappa shape index (κ1) is 30.6. The molecular formula is C48H33N5. The van der Waals surface area contributed by atoms with Crippen LogP contribution >= 0.6 is 0 Å². The maximum Gasteiger partial charge on any atom is 0.145 e. The van der Waals surface area contributed by atoms with E-state index in [-0.39, 0.29) is 0 Å². The molecule has 10 aromatic rings. The minimum absolute atomic E-state index is 0.759. The highest BCUT2D eigenvalue weighted by Crippen LogP contribution is 2.37. The van der Waals surface area contributed by atoms with Crippen molar-refractivity contribution in [3.63, 3.8) is 0 Å². The summed E-state index contributed by atoms with van der Waals surface area (Å²) in [5, 5.41) is 2.35. The molecule has 5 nitrogen and oxygen atoms in total. The predicted octanol–water partition coefficient (Wildman–Crippen LogP) is 11.8. The summed E-state index contributed by atoms with van der Waals surface area (Å²) in [7, 11) is 0. The second-order valence-corrected chi connectivity index (χ2v) is 13.4. The number of nitrogens with zero attached hydrogens (tertiary/aromatic N) is 4. The molecule has 0 spiro atoms. The van der Waals surface area contributed by atoms with E-state index in [2.05, 4.69) is 161 Å². The van der Waals surface area contributed by atoms with Crippen LogP contribution in [0.3, 0.4) is 0 Å². The highest BCUT2D eigenvalue weighted by atomic mass is 15.1. The van der Waals surface area contributed by atoms with Gasteiger partial charge >= 0.3 is 0 Å². The normalized spacial score (nSPS) is 11.5. The Labute approximate surface area is 306 Å². The summed E-state index contributed by atoms with van der Waals surface area (Å²) in [5.74, 6) is 1.78. The third-order valence-electron chi connectivity index (χ3n) is 10.0. The molecule has 0 fully saturated rings. The zero-order valence-corrected chi connectivity index (χ0v) is 28.8. The van der Waals surface area contributed by atoms with Crippen LogP contribution in [0.5, 0.6) is 0 Å². The zero-order valence-electron chi connectivity index (χ0n) is 28.8. The summed E-state index contributed by atoms with van der Waals surface area (Å²) >= 11 is 0. The van der Waals surface area contributed by atoms with Gasteiger partial charge in [-0.1, -0.05) is 121 Å². The van der Waals surface area contributed by atoms with Crippen molar-refractivity contribution >= 4 is 38.5 Å². The Bertz CT molecular complexity index is 2800. The Balaban J connectivity index is 1.25. The van der Waals surface area contributed by atoms with Crippen molar-refractivity contribution in [2.75, 3.05) is 5.73 Å². The zero-order chi connectivity index (χ0) is 35.3. The number of para-hydroxylation sites is 4. The Morgan fingerprint density at radius 2 is 0.792 bits per heavy atom. The van der Waals surface area contributed by atoms with E-state index in [0.717, 1.165) is 84.2 Å². The molecule has 5 heteroatoms. The predicted molar refractivity (Wildman–Crippen MR) is 219 cm³/mol. The lowest BCUT2D eigenvalue weighted by Crippen LogP contribution is -2.03. The van der Waals surface area contributed by atoms with Gasteiger partial charge < -0.3 is 5.73 Å². The monoisotopic (exact) mass is 679 g/mol. The first-order chi connectivity index (χ1) is 26.2. The fourth-order valence-electron chi connectivity index (χ4n) is 7.44. The van der Waals surface area contributed by atoms with E-state index in [0.29, 0.717) is 0 Å². The molecule has 0 saturated carbocycles. The van der Waals surface area contributed by atoms with Crippen molar-refractivity contribution in [1.29, 1.82) is 0 Å². The van der Waals surface area contributed by atoms with Gasteiger partial charge in [-0.25, -0.2) is 9.97 Å². The highest BCUT2D eigenvalue weighted by Gasteiger charge is 2.19. The second kappa shape index (κ2) is 12.5. The number of imidazole rings is 2. The van der Waals surface area contributed by atoms with E-state index in [1.54, 1.807) is 0 Å². The lowest BCUT2D eigenvalue weighted by molar-refractivity contribution is 1.07. The molecule has 10 rings (SSSR count). The summed E-state index contributed by atoms with van der Waals surface area (Å²) in [6, 6.07) is 65.9. The van der Waals surface area contributed by atoms with E-state index >= 15 is 0 Å². The molecule has 2 N–H and O–H groups in total. The maximum absolute atomic E-state index is 6.01. The number of hydrogen-bond acceptors (Lipinski definition) is 3. The van der Waals surface area contributed by atoms with Gasteiger partial charge in [-0.3, -0.25) is 9.13 Å². The number of nitrogen functional groups attached to an aromatic ring is 1. The van der Waals surface area contributed by atoms with Crippen LogP contribution in [0.2, 0.25) is 0 Å². The Hall–Kier alpha value is -7.24. The highest BCUT2D eigenvalue weighted by molar-refractivity contribution is 5.92. The van der Waals surface area contributed by atoms with Crippen LogP contribution in [0, 0.1) is 0 Å². The molecule has 0 aliphatic heterocycles. The molecule has 0 amide bonds. The number of hydrogen-bond donors (Lipinski definition) is 1. The quantitative estimate of drug-likeness (QED) is 0.178. The van der Waals surface area contributed by atoms with Gasteiger partial charge in [0.25, 0.3) is 0 Å². The van der Waals surface area contributed by atoms with Gasteiger partial charge in [-0.15, -0.1) is 0 Å². The molecule has 53 heavy (non-hydrogen) atoms. The summed E-state index contributed by atoms with van der Waals surface area (Å²) in [4.78, 5) is 10.4. The first-order valence-electron chi connectivity index (χ1n) is 17.8. The van der Waals surface area contributed by atoms with Crippen LogP contribution in [-0.4, -0.2) is 19.1 Å². The minimum Gasteiger partial charge on any atom is -0.399 e. The molecule has 0 saturated heterocycles. The third kappa shape index (κ3) is 5.43. The van der Waals surface area contributed by atoms with Crippen LogP contribution in [0.1, 0.15) is 0 Å². The summed E-state index contributed by atoms with van der Waals surface area (Å²) < 4.78 is 4.58. The summed E-state index contributed by atoms with van der Waals surface area (Å²) in [5.41, 5.74) is 19.4. The van der Waals surface area contributed by atoms with E-state index in [9.17, 15) is 0 Å². The van der Waals surface area contributed by atoms with Gasteiger partial charge in [0.15, 0.2) is 0 Å². The molecule has 2 heterocycles. The second-order valence-electron chi connectivity index (χ2n) is 13.4. The molecule has 250 valence electrons. The van der Waals surface area contributed by atoms with Gasteiger partial charge in [0, 0.05) is 16.8 Å². The molecule has 0 aliphatic rings. The number of anilines is 1. The van der Waals surface area contributed by atoms with Gasteiger partial charge in [0.2, 0.25) is 0 Å². The largest absolute Gasteiger partial charge is 0.399 e. The Morgan fingerprint density at radius 1 is 0.340 bits per heavy atom. The van der Waals surface area contributed by atoms with E-state index in [4.69, 9.17) is 15.7 Å². The lowest BCUT2D eigenvalue weighted by Gasteiger charge is -2.17. The molecule has 0 atom stereocenters. The number of benzene rings is 8. The minimum atomic E-state index is 0.759. The summed E-state index contributed by atoms with van der Waals surface area (Å²) in [6.45, 7) is 0. The Morgan fingerprint density at radius 3 is 1.32 bits per heavy atom. The molecule has 2 aromatic heterocycles. The van der Waals surface area contributed by atoms with Gasteiger partial charge in [-0.05, 0) is 99.8 Å². The molecular weight excluding hydrogens is 647 g/mol. The standard InChI is InChI=1S/C48H33N5/c49-40-25-23-32(24-26-40)36-21-19-33-20-22-37(28-38(33)27-36)39-29-41(52-45-17-9-7-15-43(45)50-47(52)34-11-3-1-4-12-34)31-42(30-39)53-46-18-10-8-16-44(46)51-48(53)35-13-5-2-6-14-35/h1-31H,49H2. The van der Waals surface area contributed by atoms with Gasteiger partial charge in [-0.2, -0.15) is 0 Å². The van der Waals surface area contributed by atoms with Crippen LogP contribution in [0.25, 0.3) is 89.2 Å². The summed E-state index contributed by atoms with van der Waals surface area (Å²) in [6.07, 6.45) is 0. The molecule has 0 bridgehead atoms. The van der Waals surface area contributed by atoms with E-state index in [1.165, 1.54) is 10.8 Å². The Kier molecular flexibility index (Phi) is 7.22. The molecule has 8 aromatic carbocycles. The average molecular weight is 680 g/mol. The third-order valence-corrected chi connectivity index (χ3v) is 10.0. The number of rotatable bonds is 6. The van der Waals surface area contributed by atoms with Crippen molar-refractivity contribution < 1.29 is 0 Å². The number of aromatic nitrogens is 4. The number of nitrogens with two attached hydrogens (primary N) is 1.